The molecule has 0 spiro atoms. The lowest BCUT2D eigenvalue weighted by Crippen LogP contribution is -2.31. The Morgan fingerprint density at radius 2 is 1.81 bits per heavy atom. The van der Waals surface area contributed by atoms with E-state index in [4.69, 9.17) is 8.83 Å². The first-order chi connectivity index (χ1) is 13.2. The Labute approximate surface area is 158 Å². The van der Waals surface area contributed by atoms with Gasteiger partial charge >= 0.3 is 0 Å². The molecule has 0 aliphatic heterocycles. The zero-order valence-electron chi connectivity index (χ0n) is 15.2. The summed E-state index contributed by atoms with van der Waals surface area (Å²) in [5.41, 5.74) is 3.95. The van der Waals surface area contributed by atoms with Crippen molar-refractivity contribution in [3.63, 3.8) is 0 Å². The van der Waals surface area contributed by atoms with Crippen molar-refractivity contribution in [1.29, 1.82) is 0 Å². The van der Waals surface area contributed by atoms with Crippen LogP contribution in [-0.2, 0) is 24.3 Å². The summed E-state index contributed by atoms with van der Waals surface area (Å²) >= 11 is 0. The lowest BCUT2D eigenvalue weighted by Gasteiger charge is -2.22. The average molecular weight is 359 g/mol. The van der Waals surface area contributed by atoms with Crippen molar-refractivity contribution in [1.82, 2.24) is 4.90 Å². The van der Waals surface area contributed by atoms with Crippen LogP contribution in [0.5, 0.6) is 0 Å². The van der Waals surface area contributed by atoms with Crippen molar-refractivity contribution in [3.8, 4) is 0 Å². The van der Waals surface area contributed by atoms with E-state index in [2.05, 4.69) is 0 Å². The Balaban J connectivity index is 1.57. The molecule has 136 valence electrons. The predicted octanol–water partition coefficient (Wildman–Crippen LogP) is 5.11. The van der Waals surface area contributed by atoms with E-state index in [9.17, 15) is 4.79 Å². The predicted molar refractivity (Wildman–Crippen MR) is 104 cm³/mol. The monoisotopic (exact) mass is 359 g/mol. The summed E-state index contributed by atoms with van der Waals surface area (Å²) in [6, 6.07) is 19.8. The van der Waals surface area contributed by atoms with Crippen LogP contribution in [0.3, 0.4) is 0 Å². The number of rotatable bonds is 6. The van der Waals surface area contributed by atoms with Crippen LogP contribution in [0.15, 0.2) is 82.0 Å². The minimum Gasteiger partial charge on any atom is -0.467 e. The number of fused-ring (bicyclic) bond motifs is 1. The van der Waals surface area contributed by atoms with E-state index in [1.54, 1.807) is 12.5 Å². The highest BCUT2D eigenvalue weighted by Crippen LogP contribution is 2.24. The van der Waals surface area contributed by atoms with Crippen LogP contribution in [-0.4, -0.2) is 10.8 Å². The maximum Gasteiger partial charge on any atom is 0.227 e. The van der Waals surface area contributed by atoms with Crippen LogP contribution in [0.25, 0.3) is 11.0 Å². The van der Waals surface area contributed by atoms with Gasteiger partial charge in [-0.2, -0.15) is 0 Å². The van der Waals surface area contributed by atoms with Gasteiger partial charge < -0.3 is 13.7 Å². The molecule has 2 aromatic heterocycles. The minimum absolute atomic E-state index is 0.0403. The Hall–Kier alpha value is -3.27. The number of furan rings is 2. The molecule has 4 aromatic rings. The summed E-state index contributed by atoms with van der Waals surface area (Å²) < 4.78 is 11.1. The molecule has 4 heteroatoms. The van der Waals surface area contributed by atoms with Gasteiger partial charge in [0, 0.05) is 17.5 Å². The summed E-state index contributed by atoms with van der Waals surface area (Å²) in [6.45, 7) is 3.00. The van der Waals surface area contributed by atoms with Crippen molar-refractivity contribution in [2.24, 2.45) is 0 Å². The van der Waals surface area contributed by atoms with Gasteiger partial charge in [-0.25, -0.2) is 0 Å². The van der Waals surface area contributed by atoms with Gasteiger partial charge in [0.15, 0.2) is 0 Å². The first-order valence-electron chi connectivity index (χ1n) is 9.00. The maximum absolute atomic E-state index is 13.1. The summed E-state index contributed by atoms with van der Waals surface area (Å²) in [6.07, 6.45) is 3.62. The third-order valence-electron chi connectivity index (χ3n) is 4.65. The molecule has 4 rings (SSSR count). The van der Waals surface area contributed by atoms with Gasteiger partial charge in [0.1, 0.15) is 11.3 Å². The number of amides is 1. The van der Waals surface area contributed by atoms with Crippen LogP contribution in [0, 0.1) is 6.92 Å². The number of carbonyl (C=O) groups is 1. The fourth-order valence-electron chi connectivity index (χ4n) is 3.23. The molecule has 0 aliphatic rings. The van der Waals surface area contributed by atoms with Gasteiger partial charge in [-0.05, 0) is 36.2 Å². The van der Waals surface area contributed by atoms with Crippen molar-refractivity contribution in [2.75, 3.05) is 0 Å². The molecule has 4 nitrogen and oxygen atoms in total. The molecular formula is C23H21NO3. The summed E-state index contributed by atoms with van der Waals surface area (Å²) in [4.78, 5) is 14.9. The second-order valence-corrected chi connectivity index (χ2v) is 6.75. The van der Waals surface area contributed by atoms with Crippen molar-refractivity contribution in [2.45, 2.75) is 26.4 Å². The Morgan fingerprint density at radius 3 is 2.59 bits per heavy atom. The standard InChI is InChI=1S/C23H21NO3/c1-17-9-10-21-19(16-27-22(21)12-17)13-23(25)24(15-20-8-5-11-26-20)14-18-6-3-2-4-7-18/h2-12,16H,13-15H2,1H3. The maximum atomic E-state index is 13.1. The van der Waals surface area contributed by atoms with E-state index in [1.807, 2.05) is 72.5 Å². The fraction of sp³-hybridized carbons (Fsp3) is 0.174. The van der Waals surface area contributed by atoms with Gasteiger partial charge in [-0.15, -0.1) is 0 Å². The number of hydrogen-bond acceptors (Lipinski definition) is 3. The number of nitrogens with zero attached hydrogens (tertiary/aromatic N) is 1. The van der Waals surface area contributed by atoms with E-state index in [-0.39, 0.29) is 5.91 Å². The number of aryl methyl sites for hydroxylation is 1. The van der Waals surface area contributed by atoms with E-state index < -0.39 is 0 Å². The number of carbonyl (C=O) groups excluding carboxylic acids is 1. The fourth-order valence-corrected chi connectivity index (χ4v) is 3.23. The molecule has 27 heavy (non-hydrogen) atoms. The van der Waals surface area contributed by atoms with Gasteiger partial charge in [0.2, 0.25) is 5.91 Å². The molecule has 1 amide bonds. The van der Waals surface area contributed by atoms with Crippen LogP contribution < -0.4 is 0 Å². The van der Waals surface area contributed by atoms with Crippen LogP contribution in [0.1, 0.15) is 22.5 Å². The molecule has 0 fully saturated rings. The molecule has 0 radical (unpaired) electrons. The molecule has 0 saturated heterocycles. The summed E-state index contributed by atoms with van der Waals surface area (Å²) in [7, 11) is 0. The SMILES string of the molecule is Cc1ccc2c(CC(=O)N(Cc3ccccc3)Cc3ccco3)coc2c1. The quantitative estimate of drug-likeness (QED) is 0.481. The van der Waals surface area contributed by atoms with E-state index >= 15 is 0 Å². The highest BCUT2D eigenvalue weighted by atomic mass is 16.3. The average Bonchev–Trinajstić information content (AvgIpc) is 3.32. The van der Waals surface area contributed by atoms with Crippen LogP contribution in [0.2, 0.25) is 0 Å². The molecule has 0 atom stereocenters. The van der Waals surface area contributed by atoms with Crippen molar-refractivity contribution in [3.05, 3.63) is 95.6 Å². The molecule has 0 N–H and O–H groups in total. The minimum atomic E-state index is 0.0403. The zero-order chi connectivity index (χ0) is 18.6. The largest absolute Gasteiger partial charge is 0.467 e. The molecular weight excluding hydrogens is 338 g/mol. The molecule has 0 saturated carbocycles. The molecule has 0 aliphatic carbocycles. The third-order valence-corrected chi connectivity index (χ3v) is 4.65. The van der Waals surface area contributed by atoms with E-state index in [0.29, 0.717) is 19.5 Å². The van der Waals surface area contributed by atoms with Gasteiger partial charge in [-0.3, -0.25) is 4.79 Å². The van der Waals surface area contributed by atoms with E-state index in [1.165, 1.54) is 0 Å². The van der Waals surface area contributed by atoms with Crippen molar-refractivity contribution >= 4 is 16.9 Å². The Bertz CT molecular complexity index is 1030. The van der Waals surface area contributed by atoms with Crippen LogP contribution >= 0.6 is 0 Å². The smallest absolute Gasteiger partial charge is 0.227 e. The van der Waals surface area contributed by atoms with Gasteiger partial charge in [-0.1, -0.05) is 42.5 Å². The topological polar surface area (TPSA) is 46.6 Å². The first kappa shape index (κ1) is 17.2. The zero-order valence-corrected chi connectivity index (χ0v) is 15.2. The Morgan fingerprint density at radius 1 is 0.963 bits per heavy atom. The van der Waals surface area contributed by atoms with Crippen molar-refractivity contribution < 1.29 is 13.6 Å². The lowest BCUT2D eigenvalue weighted by atomic mass is 10.1. The first-order valence-corrected chi connectivity index (χ1v) is 9.00. The van der Waals surface area contributed by atoms with Gasteiger partial charge in [0.25, 0.3) is 0 Å². The highest BCUT2D eigenvalue weighted by molar-refractivity contribution is 5.88. The Kier molecular flexibility index (Phi) is 4.79. The van der Waals surface area contributed by atoms with Gasteiger partial charge in [0.05, 0.1) is 25.5 Å². The molecule has 0 unspecified atom stereocenters. The van der Waals surface area contributed by atoms with E-state index in [0.717, 1.165) is 33.4 Å². The second kappa shape index (κ2) is 7.54. The molecule has 2 aromatic carbocycles. The molecule has 0 bridgehead atoms. The normalized spacial score (nSPS) is 11.0. The van der Waals surface area contributed by atoms with Crippen LogP contribution in [0.4, 0.5) is 0 Å². The summed E-state index contributed by atoms with van der Waals surface area (Å²) in [5, 5.41) is 0.992. The third kappa shape index (κ3) is 3.95. The lowest BCUT2D eigenvalue weighted by molar-refractivity contribution is -0.132. The number of hydrogen-bond donors (Lipinski definition) is 0. The second-order valence-electron chi connectivity index (χ2n) is 6.75. The highest BCUT2D eigenvalue weighted by Gasteiger charge is 2.18. The molecule has 2 heterocycles. The summed E-state index contributed by atoms with van der Waals surface area (Å²) in [5.74, 6) is 0.811. The number of benzene rings is 2.